The highest BCUT2D eigenvalue weighted by Crippen LogP contribution is 2.25. The van der Waals surface area contributed by atoms with Crippen molar-refractivity contribution in [3.63, 3.8) is 0 Å². The Morgan fingerprint density at radius 2 is 1.00 bits per heavy atom. The molecule has 34 heavy (non-hydrogen) atoms. The van der Waals surface area contributed by atoms with Gasteiger partial charge in [-0.15, -0.1) is 10.2 Å². The summed E-state index contributed by atoms with van der Waals surface area (Å²) < 4.78 is 0. The van der Waals surface area contributed by atoms with E-state index in [0.717, 1.165) is 0 Å². The van der Waals surface area contributed by atoms with E-state index in [2.05, 4.69) is 40.6 Å². The lowest BCUT2D eigenvalue weighted by Gasteiger charge is -2.00. The molecule has 166 valence electrons. The zero-order valence-corrected chi connectivity index (χ0v) is 17.7. The first-order valence-electron chi connectivity index (χ1n) is 10.0. The van der Waals surface area contributed by atoms with Crippen molar-refractivity contribution in [3.05, 3.63) is 96.6 Å². The fraction of sp³-hybridized carbons (Fsp3) is 0. The van der Waals surface area contributed by atoms with Crippen LogP contribution in [0.1, 0.15) is 11.1 Å². The van der Waals surface area contributed by atoms with Gasteiger partial charge in [0.2, 0.25) is 0 Å². The lowest BCUT2D eigenvalue weighted by Crippen LogP contribution is -1.84. The number of phenolic OH excluding ortho intramolecular Hbond substituents is 2. The quantitative estimate of drug-likeness (QED) is 0.197. The fourth-order valence-corrected chi connectivity index (χ4v) is 2.66. The van der Waals surface area contributed by atoms with Crippen LogP contribution in [0.3, 0.4) is 0 Å². The molecule has 0 unspecified atom stereocenters. The number of pyridine rings is 2. The van der Waals surface area contributed by atoms with E-state index in [4.69, 9.17) is 0 Å². The first-order chi connectivity index (χ1) is 16.7. The van der Waals surface area contributed by atoms with Crippen LogP contribution in [0.25, 0.3) is 0 Å². The van der Waals surface area contributed by atoms with Crippen molar-refractivity contribution in [3.8, 4) is 11.5 Å². The first-order valence-corrected chi connectivity index (χ1v) is 10.0. The van der Waals surface area contributed by atoms with Gasteiger partial charge in [-0.25, -0.2) is 0 Å². The lowest BCUT2D eigenvalue weighted by atomic mass is 10.2. The van der Waals surface area contributed by atoms with E-state index in [9.17, 15) is 10.2 Å². The number of benzene rings is 2. The Morgan fingerprint density at radius 3 is 1.41 bits per heavy atom. The Morgan fingerprint density at radius 1 is 0.559 bits per heavy atom. The maximum absolute atomic E-state index is 10.1. The molecule has 0 aliphatic carbocycles. The van der Waals surface area contributed by atoms with Gasteiger partial charge in [0.15, 0.2) is 0 Å². The number of nitrogens with zero attached hydrogens (tertiary/aromatic N) is 8. The zero-order chi connectivity index (χ0) is 23.6. The molecule has 4 aromatic rings. The fourth-order valence-electron chi connectivity index (χ4n) is 2.66. The normalized spacial score (nSPS) is 11.9. The maximum atomic E-state index is 10.1. The molecule has 0 atom stereocenters. The first kappa shape index (κ1) is 22.1. The third-order valence-corrected chi connectivity index (χ3v) is 4.34. The smallest absolute Gasteiger partial charge is 0.124 e. The van der Waals surface area contributed by atoms with Crippen LogP contribution in [-0.4, -0.2) is 32.6 Å². The summed E-state index contributed by atoms with van der Waals surface area (Å²) in [5.41, 5.74) is 3.08. The monoisotopic (exact) mass is 450 g/mol. The van der Waals surface area contributed by atoms with E-state index in [1.807, 2.05) is 0 Å². The average molecular weight is 450 g/mol. The topological polar surface area (TPSA) is 140 Å². The molecular formula is C24H18N8O2. The van der Waals surface area contributed by atoms with E-state index >= 15 is 0 Å². The number of aromatic hydroxyl groups is 2. The largest absolute Gasteiger partial charge is 0.507 e. The molecule has 0 aliphatic rings. The summed E-state index contributed by atoms with van der Waals surface area (Å²) in [6.45, 7) is 0. The van der Waals surface area contributed by atoms with Crippen LogP contribution in [-0.2, 0) is 0 Å². The highest BCUT2D eigenvalue weighted by atomic mass is 16.3. The minimum Gasteiger partial charge on any atom is -0.507 e. The number of phenols is 2. The molecule has 0 amide bonds. The van der Waals surface area contributed by atoms with E-state index in [1.165, 1.54) is 24.6 Å². The molecule has 2 aromatic carbocycles. The van der Waals surface area contributed by atoms with Crippen molar-refractivity contribution >= 4 is 35.2 Å². The average Bonchev–Trinajstić information content (AvgIpc) is 2.88. The third-order valence-electron chi connectivity index (χ3n) is 4.34. The summed E-state index contributed by atoms with van der Waals surface area (Å²) in [7, 11) is 0. The molecule has 0 bridgehead atoms. The number of hydrogen-bond acceptors (Lipinski definition) is 10. The highest BCUT2D eigenvalue weighted by Gasteiger charge is 2.02. The van der Waals surface area contributed by atoms with Crippen LogP contribution in [0.2, 0.25) is 0 Å². The molecule has 10 heteroatoms. The number of rotatable bonds is 7. The van der Waals surface area contributed by atoms with Gasteiger partial charge in [-0.3, -0.25) is 9.97 Å². The van der Waals surface area contributed by atoms with Gasteiger partial charge in [0, 0.05) is 23.5 Å². The highest BCUT2D eigenvalue weighted by molar-refractivity contribution is 5.87. The molecule has 0 fully saturated rings. The van der Waals surface area contributed by atoms with Crippen LogP contribution in [0.4, 0.5) is 22.7 Å². The summed E-state index contributed by atoms with van der Waals surface area (Å²) in [6, 6.07) is 16.5. The number of aromatic nitrogens is 2. The van der Waals surface area contributed by atoms with Crippen molar-refractivity contribution in [1.82, 2.24) is 9.97 Å². The van der Waals surface area contributed by atoms with Gasteiger partial charge in [-0.05, 0) is 60.7 Å². The summed E-state index contributed by atoms with van der Waals surface area (Å²) >= 11 is 0. The molecule has 2 aromatic heterocycles. The predicted octanol–water partition coefficient (Wildman–Crippen LogP) is 6.17. The molecule has 0 spiro atoms. The van der Waals surface area contributed by atoms with Crippen LogP contribution >= 0.6 is 0 Å². The van der Waals surface area contributed by atoms with Gasteiger partial charge >= 0.3 is 0 Å². The van der Waals surface area contributed by atoms with Crippen molar-refractivity contribution in [2.24, 2.45) is 30.7 Å². The second-order valence-corrected chi connectivity index (χ2v) is 6.80. The minimum atomic E-state index is 0.0138. The van der Waals surface area contributed by atoms with Gasteiger partial charge in [-0.2, -0.15) is 20.4 Å². The molecule has 0 radical (unpaired) electrons. The van der Waals surface area contributed by atoms with E-state index < -0.39 is 0 Å². The van der Waals surface area contributed by atoms with Gasteiger partial charge in [0.25, 0.3) is 0 Å². The van der Waals surface area contributed by atoms with Crippen LogP contribution in [0, 0.1) is 0 Å². The molecular weight excluding hydrogens is 432 g/mol. The Kier molecular flexibility index (Phi) is 7.12. The SMILES string of the molecule is Oc1ccc(N=Nc2cccnc2)cc1/C=N/N=C/c1cc(N=Nc2cccnc2)ccc1O. The molecule has 2 N–H and O–H groups in total. The standard InChI is InChI=1S/C24H18N8O2/c33-23-7-5-19(29-31-21-3-1-9-25-15-21)11-17(23)13-27-28-14-18-12-20(6-8-24(18)34)30-32-22-4-2-10-26-16-22/h1-16,33-34H/b27-13+,28-14+,31-29?,32-30?. The Bertz CT molecular complexity index is 1260. The van der Waals surface area contributed by atoms with E-state index in [0.29, 0.717) is 33.9 Å². The molecule has 4 rings (SSSR count). The summed E-state index contributed by atoms with van der Waals surface area (Å²) in [6.07, 6.45) is 9.22. The maximum Gasteiger partial charge on any atom is 0.124 e. The van der Waals surface area contributed by atoms with Crippen molar-refractivity contribution in [2.75, 3.05) is 0 Å². The molecule has 0 aliphatic heterocycles. The lowest BCUT2D eigenvalue weighted by molar-refractivity contribution is 0.474. The minimum absolute atomic E-state index is 0.0138. The van der Waals surface area contributed by atoms with Crippen molar-refractivity contribution in [2.45, 2.75) is 0 Å². The van der Waals surface area contributed by atoms with Gasteiger partial charge in [0.05, 0.1) is 36.2 Å². The van der Waals surface area contributed by atoms with E-state index in [1.54, 1.807) is 73.3 Å². The third kappa shape index (κ3) is 6.20. The zero-order valence-electron chi connectivity index (χ0n) is 17.7. The second-order valence-electron chi connectivity index (χ2n) is 6.80. The van der Waals surface area contributed by atoms with Crippen molar-refractivity contribution in [1.29, 1.82) is 0 Å². The Balaban J connectivity index is 1.46. The second kappa shape index (κ2) is 11.0. The van der Waals surface area contributed by atoms with E-state index in [-0.39, 0.29) is 11.5 Å². The van der Waals surface area contributed by atoms with Crippen LogP contribution < -0.4 is 0 Å². The Hall–Kier alpha value is -5.12. The number of hydrogen-bond donors (Lipinski definition) is 2. The molecule has 0 saturated carbocycles. The van der Waals surface area contributed by atoms with Crippen LogP contribution in [0.5, 0.6) is 11.5 Å². The molecule has 0 saturated heterocycles. The van der Waals surface area contributed by atoms with Gasteiger partial charge < -0.3 is 10.2 Å². The summed E-state index contributed by atoms with van der Waals surface area (Å²) in [4.78, 5) is 7.95. The molecule has 10 nitrogen and oxygen atoms in total. The predicted molar refractivity (Wildman–Crippen MR) is 128 cm³/mol. The summed E-state index contributed by atoms with van der Waals surface area (Å²) in [5.74, 6) is 0.0277. The van der Waals surface area contributed by atoms with Crippen LogP contribution in [0.15, 0.2) is 116 Å². The van der Waals surface area contributed by atoms with Gasteiger partial charge in [-0.1, -0.05) is 0 Å². The van der Waals surface area contributed by atoms with Crippen molar-refractivity contribution < 1.29 is 10.2 Å². The van der Waals surface area contributed by atoms with Gasteiger partial charge in [0.1, 0.15) is 22.9 Å². The summed E-state index contributed by atoms with van der Waals surface area (Å²) in [5, 5.41) is 44.5. The number of azo groups is 2. The Labute approximate surface area is 194 Å². The molecule has 2 heterocycles.